The Kier molecular flexibility index (Phi) is 4.29. The Hall–Kier alpha value is -0.650. The molecule has 3 rings (SSSR count). The lowest BCUT2D eigenvalue weighted by molar-refractivity contribution is 0.193. The molecule has 1 aliphatic carbocycles. The Morgan fingerprint density at radius 2 is 2.10 bits per heavy atom. The Morgan fingerprint density at radius 1 is 1.35 bits per heavy atom. The summed E-state index contributed by atoms with van der Waals surface area (Å²) in [6.45, 7) is 9.12. The maximum atomic E-state index is 6.19. The summed E-state index contributed by atoms with van der Waals surface area (Å²) in [4.78, 5) is 11.3. The summed E-state index contributed by atoms with van der Waals surface area (Å²) in [5.41, 5.74) is 7.37. The Bertz CT molecular complexity index is 451. The number of fused-ring (bicyclic) bond motifs is 1. The molecule has 0 amide bonds. The van der Waals surface area contributed by atoms with Gasteiger partial charge >= 0.3 is 0 Å². The van der Waals surface area contributed by atoms with Crippen LogP contribution in [0.1, 0.15) is 49.7 Å². The molecule has 1 aliphatic heterocycles. The highest BCUT2D eigenvalue weighted by Gasteiger charge is 2.26. The maximum absolute atomic E-state index is 6.19. The lowest BCUT2D eigenvalue weighted by Gasteiger charge is -2.37. The monoisotopic (exact) mass is 294 g/mol. The van der Waals surface area contributed by atoms with E-state index in [4.69, 9.17) is 10.7 Å². The van der Waals surface area contributed by atoms with E-state index in [1.807, 2.05) is 11.3 Å². The molecule has 0 aromatic carbocycles. The first-order valence-electron chi connectivity index (χ1n) is 7.93. The lowest BCUT2D eigenvalue weighted by atomic mass is 9.99. The van der Waals surface area contributed by atoms with Gasteiger partial charge in [0.15, 0.2) is 5.13 Å². The number of nitrogens with zero attached hydrogens (tertiary/aromatic N) is 3. The topological polar surface area (TPSA) is 45.4 Å². The number of hydrogen-bond acceptors (Lipinski definition) is 5. The minimum Gasteiger partial charge on any atom is -0.346 e. The predicted octanol–water partition coefficient (Wildman–Crippen LogP) is 2.40. The van der Waals surface area contributed by atoms with E-state index in [-0.39, 0.29) is 6.04 Å². The van der Waals surface area contributed by atoms with E-state index in [0.717, 1.165) is 32.6 Å². The van der Waals surface area contributed by atoms with Crippen LogP contribution in [0.2, 0.25) is 0 Å². The molecule has 0 bridgehead atoms. The third-order valence-electron chi connectivity index (χ3n) is 4.79. The molecule has 112 valence electrons. The summed E-state index contributed by atoms with van der Waals surface area (Å²) in [5, 5.41) is 1.20. The summed E-state index contributed by atoms with van der Waals surface area (Å²) in [7, 11) is 0. The van der Waals surface area contributed by atoms with E-state index in [1.165, 1.54) is 35.0 Å². The number of hydrogen-bond donors (Lipinski definition) is 1. The van der Waals surface area contributed by atoms with Gasteiger partial charge in [0, 0.05) is 43.1 Å². The quantitative estimate of drug-likeness (QED) is 0.930. The minimum absolute atomic E-state index is 0.171. The van der Waals surface area contributed by atoms with Crippen LogP contribution in [-0.4, -0.2) is 42.1 Å². The molecule has 2 atom stereocenters. The van der Waals surface area contributed by atoms with Crippen LogP contribution in [0.4, 0.5) is 5.13 Å². The molecule has 1 aromatic rings. The van der Waals surface area contributed by atoms with Gasteiger partial charge in [-0.3, -0.25) is 4.90 Å². The van der Waals surface area contributed by atoms with Crippen molar-refractivity contribution in [3.8, 4) is 0 Å². The van der Waals surface area contributed by atoms with E-state index >= 15 is 0 Å². The van der Waals surface area contributed by atoms with Gasteiger partial charge in [0.25, 0.3) is 0 Å². The molecule has 4 nitrogen and oxygen atoms in total. The standard InChI is InChI=1S/C15H26N4S/c1-3-11(2)18-7-9-19(10-8-18)15-17-14-12(16)5-4-6-13(14)20-15/h11-12H,3-10,16H2,1-2H3. The zero-order valence-electron chi connectivity index (χ0n) is 12.6. The minimum atomic E-state index is 0.171. The summed E-state index contributed by atoms with van der Waals surface area (Å²) < 4.78 is 0. The molecule has 20 heavy (non-hydrogen) atoms. The van der Waals surface area contributed by atoms with Crippen LogP contribution >= 0.6 is 11.3 Å². The zero-order valence-corrected chi connectivity index (χ0v) is 13.5. The first-order valence-corrected chi connectivity index (χ1v) is 8.75. The van der Waals surface area contributed by atoms with E-state index in [0.29, 0.717) is 6.04 Å². The average Bonchev–Trinajstić information content (AvgIpc) is 2.92. The molecule has 1 fully saturated rings. The van der Waals surface area contributed by atoms with Gasteiger partial charge in [0.2, 0.25) is 0 Å². The van der Waals surface area contributed by atoms with Gasteiger partial charge in [0.05, 0.1) is 5.69 Å². The second-order valence-corrected chi connectivity index (χ2v) is 7.15. The molecule has 2 N–H and O–H groups in total. The van der Waals surface area contributed by atoms with Crippen LogP contribution in [0.15, 0.2) is 0 Å². The van der Waals surface area contributed by atoms with Crippen molar-refractivity contribution in [1.29, 1.82) is 0 Å². The molecule has 1 aromatic heterocycles. The number of thiazole rings is 1. The summed E-state index contributed by atoms with van der Waals surface area (Å²) >= 11 is 1.88. The van der Waals surface area contributed by atoms with Crippen LogP contribution in [-0.2, 0) is 6.42 Å². The number of aromatic nitrogens is 1. The van der Waals surface area contributed by atoms with E-state index < -0.39 is 0 Å². The van der Waals surface area contributed by atoms with Crippen LogP contribution < -0.4 is 10.6 Å². The highest BCUT2D eigenvalue weighted by molar-refractivity contribution is 7.15. The molecule has 2 heterocycles. The smallest absolute Gasteiger partial charge is 0.185 e. The first-order chi connectivity index (χ1) is 9.69. The average molecular weight is 294 g/mol. The molecule has 5 heteroatoms. The van der Waals surface area contributed by atoms with Gasteiger partial charge in [0.1, 0.15) is 0 Å². The number of anilines is 1. The zero-order chi connectivity index (χ0) is 14.1. The first kappa shape index (κ1) is 14.3. The molecular weight excluding hydrogens is 268 g/mol. The van der Waals surface area contributed by atoms with Crippen molar-refractivity contribution >= 4 is 16.5 Å². The molecule has 2 aliphatic rings. The van der Waals surface area contributed by atoms with Gasteiger partial charge in [-0.15, -0.1) is 11.3 Å². The fraction of sp³-hybridized carbons (Fsp3) is 0.800. The van der Waals surface area contributed by atoms with Crippen molar-refractivity contribution in [1.82, 2.24) is 9.88 Å². The molecular formula is C15H26N4S. The fourth-order valence-electron chi connectivity index (χ4n) is 3.19. The maximum Gasteiger partial charge on any atom is 0.185 e. The van der Waals surface area contributed by atoms with Gasteiger partial charge < -0.3 is 10.6 Å². The molecule has 2 unspecified atom stereocenters. The molecule has 0 radical (unpaired) electrons. The van der Waals surface area contributed by atoms with Crippen molar-refractivity contribution in [2.75, 3.05) is 31.1 Å². The van der Waals surface area contributed by atoms with Gasteiger partial charge in [-0.1, -0.05) is 6.92 Å². The van der Waals surface area contributed by atoms with Gasteiger partial charge in [-0.2, -0.15) is 0 Å². The molecule has 0 spiro atoms. The van der Waals surface area contributed by atoms with Crippen molar-refractivity contribution < 1.29 is 0 Å². The van der Waals surface area contributed by atoms with Crippen LogP contribution in [0, 0.1) is 0 Å². The van der Waals surface area contributed by atoms with Crippen LogP contribution in [0.3, 0.4) is 0 Å². The Labute approximate surface area is 126 Å². The second kappa shape index (κ2) is 6.00. The largest absolute Gasteiger partial charge is 0.346 e. The Balaban J connectivity index is 1.67. The van der Waals surface area contributed by atoms with E-state index in [9.17, 15) is 0 Å². The van der Waals surface area contributed by atoms with Crippen molar-refractivity contribution in [2.45, 2.75) is 51.6 Å². The predicted molar refractivity (Wildman–Crippen MR) is 85.5 cm³/mol. The number of rotatable bonds is 3. The van der Waals surface area contributed by atoms with Gasteiger partial charge in [-0.25, -0.2) is 4.98 Å². The van der Waals surface area contributed by atoms with Crippen molar-refractivity contribution in [3.63, 3.8) is 0 Å². The van der Waals surface area contributed by atoms with Crippen molar-refractivity contribution in [2.24, 2.45) is 5.73 Å². The SMILES string of the molecule is CCC(C)N1CCN(c2nc3c(s2)CCCC3N)CC1. The van der Waals surface area contributed by atoms with Crippen LogP contribution in [0.5, 0.6) is 0 Å². The second-order valence-electron chi connectivity index (χ2n) is 6.08. The van der Waals surface area contributed by atoms with Crippen molar-refractivity contribution in [3.05, 3.63) is 10.6 Å². The van der Waals surface area contributed by atoms with Gasteiger partial charge in [-0.05, 0) is 32.6 Å². The molecule has 0 saturated carbocycles. The van der Waals surface area contributed by atoms with E-state index in [1.54, 1.807) is 0 Å². The third-order valence-corrected chi connectivity index (χ3v) is 5.98. The Morgan fingerprint density at radius 3 is 2.75 bits per heavy atom. The van der Waals surface area contributed by atoms with Crippen LogP contribution in [0.25, 0.3) is 0 Å². The lowest BCUT2D eigenvalue weighted by Crippen LogP contribution is -2.49. The summed E-state index contributed by atoms with van der Waals surface area (Å²) in [5.74, 6) is 0. The van der Waals surface area contributed by atoms with E-state index in [2.05, 4.69) is 23.6 Å². The number of piperazine rings is 1. The number of nitrogens with two attached hydrogens (primary N) is 1. The highest BCUT2D eigenvalue weighted by Crippen LogP contribution is 2.35. The summed E-state index contributed by atoms with van der Waals surface area (Å²) in [6.07, 6.45) is 4.73. The number of aryl methyl sites for hydroxylation is 1. The normalized spacial score (nSPS) is 25.6. The summed E-state index contributed by atoms with van der Waals surface area (Å²) in [6, 6.07) is 0.875. The highest BCUT2D eigenvalue weighted by atomic mass is 32.1. The fourth-order valence-corrected chi connectivity index (χ4v) is 4.41. The molecule has 1 saturated heterocycles. The third kappa shape index (κ3) is 2.71.